The van der Waals surface area contributed by atoms with E-state index in [-0.39, 0.29) is 19.3 Å². The lowest BCUT2D eigenvalue weighted by atomic mass is 10.1. The molecule has 27 heavy (non-hydrogen) atoms. The van der Waals surface area contributed by atoms with E-state index in [1.54, 1.807) is 0 Å². The van der Waals surface area contributed by atoms with Crippen LogP contribution >= 0.6 is 23.2 Å². The van der Waals surface area contributed by atoms with Crippen LogP contribution in [0.2, 0.25) is 0 Å². The number of imide groups is 1. The molecule has 1 saturated heterocycles. The number of amides is 2. The van der Waals surface area contributed by atoms with Gasteiger partial charge in [-0.2, -0.15) is 5.21 Å². The van der Waals surface area contributed by atoms with Crippen LogP contribution in [0, 0.1) is 0 Å². The van der Waals surface area contributed by atoms with Crippen molar-refractivity contribution in [2.45, 2.75) is 32.1 Å². The number of aryl methyl sites for hydroxylation is 1. The standard InChI is InChI=1S/C18H23Cl2N2O5/c19-10-12-21(13-11-20)15-6-4-14(5-7-15)2-1-3-18(25)27-22(26)16(23)8-9-17(22)24/h4-7,26H,1-3,8-13H2/q+1. The fourth-order valence-corrected chi connectivity index (χ4v) is 3.24. The smallest absolute Gasteiger partial charge is 0.369 e. The van der Waals surface area contributed by atoms with Crippen molar-refractivity contribution in [3.05, 3.63) is 29.8 Å². The molecule has 2 amide bonds. The number of hydrogen-bond acceptors (Lipinski definition) is 6. The predicted molar refractivity (Wildman–Crippen MR) is 100 cm³/mol. The zero-order valence-electron chi connectivity index (χ0n) is 14.9. The number of hydrogen-bond donors (Lipinski definition) is 1. The predicted octanol–water partition coefficient (Wildman–Crippen LogP) is 2.80. The Morgan fingerprint density at radius 2 is 1.63 bits per heavy atom. The van der Waals surface area contributed by atoms with E-state index in [0.29, 0.717) is 37.7 Å². The molecule has 0 bridgehead atoms. The maximum absolute atomic E-state index is 11.8. The summed E-state index contributed by atoms with van der Waals surface area (Å²) in [4.78, 5) is 39.8. The molecule has 1 fully saturated rings. The quantitative estimate of drug-likeness (QED) is 0.272. The van der Waals surface area contributed by atoms with E-state index in [9.17, 15) is 19.6 Å². The average molecular weight is 418 g/mol. The first-order valence-electron chi connectivity index (χ1n) is 8.77. The second-order valence-electron chi connectivity index (χ2n) is 6.21. The molecule has 0 saturated carbocycles. The number of alkyl halides is 2. The van der Waals surface area contributed by atoms with Crippen molar-refractivity contribution in [2.75, 3.05) is 29.7 Å². The lowest BCUT2D eigenvalue weighted by molar-refractivity contribution is -1.12. The molecule has 0 aliphatic carbocycles. The molecule has 1 aromatic rings. The van der Waals surface area contributed by atoms with Gasteiger partial charge in [0.1, 0.15) is 4.81 Å². The molecule has 2 rings (SSSR count). The number of halogens is 2. The Morgan fingerprint density at radius 3 is 2.15 bits per heavy atom. The van der Waals surface area contributed by atoms with Gasteiger partial charge in [-0.15, -0.1) is 23.2 Å². The molecule has 0 spiro atoms. The Labute approximate surface area is 167 Å². The number of hydroxylamine groups is 4. The highest BCUT2D eigenvalue weighted by Crippen LogP contribution is 2.22. The van der Waals surface area contributed by atoms with Gasteiger partial charge in [-0.3, -0.25) is 0 Å². The fourth-order valence-electron chi connectivity index (χ4n) is 2.84. The molecular formula is C18H23Cl2N2O5+. The van der Waals surface area contributed by atoms with E-state index in [1.165, 1.54) is 0 Å². The summed E-state index contributed by atoms with van der Waals surface area (Å²) in [5.41, 5.74) is 2.06. The molecule has 9 heteroatoms. The summed E-state index contributed by atoms with van der Waals surface area (Å²) in [6, 6.07) is 7.87. The van der Waals surface area contributed by atoms with E-state index in [0.717, 1.165) is 11.3 Å². The van der Waals surface area contributed by atoms with Crippen LogP contribution in [0.1, 0.15) is 31.2 Å². The number of anilines is 1. The third kappa shape index (κ3) is 5.65. The van der Waals surface area contributed by atoms with Gasteiger partial charge in [0.15, 0.2) is 0 Å². The molecule has 0 radical (unpaired) electrons. The Kier molecular flexibility index (Phi) is 8.04. The molecule has 1 aliphatic heterocycles. The molecular weight excluding hydrogens is 395 g/mol. The van der Waals surface area contributed by atoms with Crippen LogP contribution in [0.25, 0.3) is 0 Å². The highest BCUT2D eigenvalue weighted by atomic mass is 35.5. The SMILES string of the molecule is O=C(CCCc1ccc(N(CCCl)CCCl)cc1)O[N+]1(O)C(=O)CCC1=O. The lowest BCUT2D eigenvalue weighted by Gasteiger charge is -2.23. The normalized spacial score (nSPS) is 15.8. The molecule has 1 heterocycles. The minimum atomic E-state index is -1.86. The third-order valence-corrected chi connectivity index (χ3v) is 4.66. The summed E-state index contributed by atoms with van der Waals surface area (Å²) < 4.78 is 0. The summed E-state index contributed by atoms with van der Waals surface area (Å²) in [6.07, 6.45) is 0.827. The van der Waals surface area contributed by atoms with Crippen LogP contribution in [-0.4, -0.2) is 52.7 Å². The van der Waals surface area contributed by atoms with Crippen molar-refractivity contribution in [1.82, 2.24) is 0 Å². The number of rotatable bonds is 10. The minimum absolute atomic E-state index is 0.00646. The summed E-state index contributed by atoms with van der Waals surface area (Å²) in [7, 11) is 0. The number of nitrogens with zero attached hydrogens (tertiary/aromatic N) is 2. The molecule has 1 aliphatic rings. The minimum Gasteiger partial charge on any atom is -0.369 e. The van der Waals surface area contributed by atoms with Crippen molar-refractivity contribution in [1.29, 1.82) is 0 Å². The first kappa shape index (κ1) is 21.6. The highest BCUT2D eigenvalue weighted by Gasteiger charge is 2.55. The van der Waals surface area contributed by atoms with E-state index >= 15 is 0 Å². The maximum Gasteiger partial charge on any atom is 0.397 e. The van der Waals surface area contributed by atoms with Crippen LogP contribution in [0.15, 0.2) is 24.3 Å². The largest absolute Gasteiger partial charge is 0.397 e. The molecule has 0 aromatic heterocycles. The fraction of sp³-hybridized carbons (Fsp3) is 0.500. The first-order chi connectivity index (χ1) is 12.9. The van der Waals surface area contributed by atoms with Crippen molar-refractivity contribution < 1.29 is 29.2 Å². The van der Waals surface area contributed by atoms with E-state index in [2.05, 4.69) is 9.74 Å². The average Bonchev–Trinajstić information content (AvgIpc) is 2.89. The van der Waals surface area contributed by atoms with E-state index < -0.39 is 22.6 Å². The van der Waals surface area contributed by atoms with Crippen LogP contribution in [-0.2, 0) is 25.6 Å². The summed E-state index contributed by atoms with van der Waals surface area (Å²) in [6.45, 7) is 1.41. The molecule has 7 nitrogen and oxygen atoms in total. The Morgan fingerprint density at radius 1 is 1.07 bits per heavy atom. The van der Waals surface area contributed by atoms with Gasteiger partial charge in [0, 0.05) is 30.5 Å². The van der Waals surface area contributed by atoms with Gasteiger partial charge >= 0.3 is 17.8 Å². The van der Waals surface area contributed by atoms with Crippen LogP contribution in [0.5, 0.6) is 0 Å². The summed E-state index contributed by atoms with van der Waals surface area (Å²) in [5.74, 6) is -1.40. The summed E-state index contributed by atoms with van der Waals surface area (Å²) >= 11 is 11.6. The zero-order chi connectivity index (χ0) is 19.9. The van der Waals surface area contributed by atoms with E-state index in [1.807, 2.05) is 24.3 Å². The lowest BCUT2D eigenvalue weighted by Crippen LogP contribution is -2.50. The van der Waals surface area contributed by atoms with Crippen molar-refractivity contribution in [3.63, 3.8) is 0 Å². The number of benzene rings is 1. The van der Waals surface area contributed by atoms with Crippen molar-refractivity contribution in [2.24, 2.45) is 0 Å². The molecule has 148 valence electrons. The van der Waals surface area contributed by atoms with Gasteiger partial charge in [0.25, 0.3) is 0 Å². The Balaban J connectivity index is 1.82. The number of carbonyl (C=O) groups is 3. The van der Waals surface area contributed by atoms with Gasteiger partial charge < -0.3 is 4.90 Å². The van der Waals surface area contributed by atoms with Crippen LogP contribution in [0.4, 0.5) is 5.69 Å². The Hall–Kier alpha value is -1.67. The molecule has 1 N–H and O–H groups in total. The second-order valence-corrected chi connectivity index (χ2v) is 6.97. The number of carbonyl (C=O) groups excluding carboxylic acids is 3. The number of quaternary nitrogens is 1. The van der Waals surface area contributed by atoms with Gasteiger partial charge in [0.05, 0.1) is 19.3 Å². The molecule has 0 unspecified atom stereocenters. The van der Waals surface area contributed by atoms with Crippen molar-refractivity contribution in [3.8, 4) is 0 Å². The maximum atomic E-state index is 11.8. The molecule has 0 atom stereocenters. The van der Waals surface area contributed by atoms with Gasteiger partial charge in [0.2, 0.25) is 0 Å². The highest BCUT2D eigenvalue weighted by molar-refractivity contribution is 6.18. The second kappa shape index (κ2) is 10.0. The van der Waals surface area contributed by atoms with E-state index in [4.69, 9.17) is 23.2 Å². The Bertz CT molecular complexity index is 659. The van der Waals surface area contributed by atoms with Crippen LogP contribution < -0.4 is 4.90 Å². The first-order valence-corrected chi connectivity index (χ1v) is 9.84. The van der Waals surface area contributed by atoms with Gasteiger partial charge in [-0.05, 0) is 30.5 Å². The van der Waals surface area contributed by atoms with Crippen LogP contribution in [0.3, 0.4) is 0 Å². The van der Waals surface area contributed by atoms with Gasteiger partial charge in [-0.25, -0.2) is 19.2 Å². The summed E-state index contributed by atoms with van der Waals surface area (Å²) in [5, 5.41) is 9.86. The molecule has 1 aromatic carbocycles. The topological polar surface area (TPSA) is 83.9 Å². The third-order valence-electron chi connectivity index (χ3n) is 4.32. The monoisotopic (exact) mass is 417 g/mol. The zero-order valence-corrected chi connectivity index (χ0v) is 16.4. The van der Waals surface area contributed by atoms with Gasteiger partial charge in [-0.1, -0.05) is 12.1 Å². The van der Waals surface area contributed by atoms with Crippen molar-refractivity contribution >= 4 is 46.7 Å².